The quantitative estimate of drug-likeness (QED) is 0.734. The van der Waals surface area contributed by atoms with Gasteiger partial charge in [0.05, 0.1) is 0 Å². The summed E-state index contributed by atoms with van der Waals surface area (Å²) in [5.41, 5.74) is 0. The van der Waals surface area contributed by atoms with Crippen LogP contribution in [0.25, 0.3) is 0 Å². The van der Waals surface area contributed by atoms with E-state index in [2.05, 4.69) is 10.3 Å². The summed E-state index contributed by atoms with van der Waals surface area (Å²) >= 11 is 1.70. The topological polar surface area (TPSA) is 24.9 Å². The Hall–Kier alpha value is -0.570. The Morgan fingerprint density at radius 3 is 2.62 bits per heavy atom. The normalized spacial score (nSPS) is 19.7. The van der Waals surface area contributed by atoms with E-state index in [0.717, 1.165) is 5.13 Å². The van der Waals surface area contributed by atoms with Crippen LogP contribution in [-0.4, -0.2) is 11.0 Å². The van der Waals surface area contributed by atoms with Crippen LogP contribution in [0, 0.1) is 0 Å². The van der Waals surface area contributed by atoms with Gasteiger partial charge in [-0.2, -0.15) is 0 Å². The molecule has 2 nitrogen and oxygen atoms in total. The summed E-state index contributed by atoms with van der Waals surface area (Å²) < 4.78 is 0. The Bertz CT molecular complexity index is 225. The molecule has 72 valence electrons. The lowest BCUT2D eigenvalue weighted by Crippen LogP contribution is -2.17. The molecule has 13 heavy (non-hydrogen) atoms. The predicted octanol–water partition coefficient (Wildman–Crippen LogP) is 3.28. The molecule has 1 aliphatic rings. The number of hydrogen-bond acceptors (Lipinski definition) is 3. The Balaban J connectivity index is 1.86. The van der Waals surface area contributed by atoms with E-state index in [1.54, 1.807) is 11.3 Å². The standard InChI is InChI=1S/C10H16N2S/c1-2-4-6-9(5-3-1)12-10-11-7-8-13-10/h7-9H,1-6H2,(H,11,12). The van der Waals surface area contributed by atoms with Crippen LogP contribution in [0.2, 0.25) is 0 Å². The third-order valence-corrected chi connectivity index (χ3v) is 3.32. The fourth-order valence-corrected chi connectivity index (χ4v) is 2.50. The Morgan fingerprint density at radius 1 is 1.23 bits per heavy atom. The summed E-state index contributed by atoms with van der Waals surface area (Å²) in [7, 11) is 0. The van der Waals surface area contributed by atoms with Gasteiger partial charge < -0.3 is 5.32 Å². The SMILES string of the molecule is c1csc(NC2CCCCCC2)n1. The average molecular weight is 196 g/mol. The van der Waals surface area contributed by atoms with E-state index in [9.17, 15) is 0 Å². The van der Waals surface area contributed by atoms with E-state index in [0.29, 0.717) is 6.04 Å². The second-order valence-electron chi connectivity index (χ2n) is 3.67. The van der Waals surface area contributed by atoms with Crippen molar-refractivity contribution < 1.29 is 0 Å². The summed E-state index contributed by atoms with van der Waals surface area (Å²) in [6.07, 6.45) is 10.1. The van der Waals surface area contributed by atoms with Gasteiger partial charge in [0.25, 0.3) is 0 Å². The minimum Gasteiger partial charge on any atom is -0.359 e. The highest BCUT2D eigenvalue weighted by Gasteiger charge is 2.12. The fraction of sp³-hybridized carbons (Fsp3) is 0.700. The molecule has 0 aliphatic heterocycles. The minimum absolute atomic E-state index is 0.675. The van der Waals surface area contributed by atoms with Crippen molar-refractivity contribution in [3.8, 4) is 0 Å². The lowest BCUT2D eigenvalue weighted by atomic mass is 10.1. The molecule has 0 amide bonds. The number of hydrogen-bond donors (Lipinski definition) is 1. The second-order valence-corrected chi connectivity index (χ2v) is 4.56. The van der Waals surface area contributed by atoms with E-state index in [4.69, 9.17) is 0 Å². The minimum atomic E-state index is 0.675. The molecule has 1 heterocycles. The van der Waals surface area contributed by atoms with Crippen LogP contribution in [0.3, 0.4) is 0 Å². The summed E-state index contributed by atoms with van der Waals surface area (Å²) in [5, 5.41) is 6.62. The zero-order valence-electron chi connectivity index (χ0n) is 7.83. The summed E-state index contributed by atoms with van der Waals surface area (Å²) in [5.74, 6) is 0. The molecule has 0 saturated heterocycles. The zero-order chi connectivity index (χ0) is 8.93. The zero-order valence-corrected chi connectivity index (χ0v) is 8.65. The van der Waals surface area contributed by atoms with Crippen LogP contribution < -0.4 is 5.32 Å². The molecule has 1 aromatic rings. The van der Waals surface area contributed by atoms with Crippen molar-refractivity contribution in [2.45, 2.75) is 44.6 Å². The van der Waals surface area contributed by atoms with E-state index >= 15 is 0 Å². The third kappa shape index (κ3) is 2.69. The van der Waals surface area contributed by atoms with Gasteiger partial charge in [-0.1, -0.05) is 25.7 Å². The van der Waals surface area contributed by atoms with Gasteiger partial charge in [0.1, 0.15) is 0 Å². The largest absolute Gasteiger partial charge is 0.359 e. The van der Waals surface area contributed by atoms with Gasteiger partial charge in [-0.25, -0.2) is 4.98 Å². The molecule has 1 fully saturated rings. The molecule has 0 radical (unpaired) electrons. The van der Waals surface area contributed by atoms with E-state index in [1.807, 2.05) is 11.6 Å². The maximum atomic E-state index is 4.25. The van der Waals surface area contributed by atoms with Gasteiger partial charge in [-0.05, 0) is 12.8 Å². The molecule has 0 bridgehead atoms. The number of nitrogens with zero attached hydrogens (tertiary/aromatic N) is 1. The van der Waals surface area contributed by atoms with Crippen LogP contribution in [0.15, 0.2) is 11.6 Å². The monoisotopic (exact) mass is 196 g/mol. The van der Waals surface area contributed by atoms with Gasteiger partial charge in [0, 0.05) is 17.6 Å². The molecule has 1 N–H and O–H groups in total. The second kappa shape index (κ2) is 4.61. The number of aromatic nitrogens is 1. The molecule has 0 aromatic carbocycles. The highest BCUT2D eigenvalue weighted by Crippen LogP contribution is 2.21. The number of nitrogens with one attached hydrogen (secondary N) is 1. The first kappa shape index (κ1) is 9.00. The van der Waals surface area contributed by atoms with Crippen LogP contribution >= 0.6 is 11.3 Å². The lowest BCUT2D eigenvalue weighted by Gasteiger charge is -2.14. The van der Waals surface area contributed by atoms with E-state index in [1.165, 1.54) is 38.5 Å². The third-order valence-electron chi connectivity index (χ3n) is 2.62. The van der Waals surface area contributed by atoms with Crippen LogP contribution in [0.5, 0.6) is 0 Å². The first-order chi connectivity index (χ1) is 6.45. The molecule has 0 spiro atoms. The lowest BCUT2D eigenvalue weighted by molar-refractivity contribution is 0.619. The van der Waals surface area contributed by atoms with Crippen molar-refractivity contribution in [1.82, 2.24) is 4.98 Å². The summed E-state index contributed by atoms with van der Waals surface area (Å²) in [4.78, 5) is 4.25. The van der Waals surface area contributed by atoms with Gasteiger partial charge in [0.15, 0.2) is 5.13 Å². The van der Waals surface area contributed by atoms with Gasteiger partial charge in [-0.15, -0.1) is 11.3 Å². The van der Waals surface area contributed by atoms with Crippen molar-refractivity contribution in [2.75, 3.05) is 5.32 Å². The molecule has 0 atom stereocenters. The summed E-state index contributed by atoms with van der Waals surface area (Å²) in [6.45, 7) is 0. The highest BCUT2D eigenvalue weighted by atomic mass is 32.1. The van der Waals surface area contributed by atoms with E-state index < -0.39 is 0 Å². The predicted molar refractivity (Wildman–Crippen MR) is 57.2 cm³/mol. The van der Waals surface area contributed by atoms with Crippen LogP contribution in [-0.2, 0) is 0 Å². The van der Waals surface area contributed by atoms with Crippen LogP contribution in [0.1, 0.15) is 38.5 Å². The smallest absolute Gasteiger partial charge is 0.182 e. The maximum absolute atomic E-state index is 4.25. The molecule has 1 aliphatic carbocycles. The molecule has 2 rings (SSSR count). The first-order valence-electron chi connectivity index (χ1n) is 5.11. The Kier molecular flexibility index (Phi) is 3.19. The number of thiazole rings is 1. The number of rotatable bonds is 2. The molecule has 1 aromatic heterocycles. The molecular weight excluding hydrogens is 180 g/mol. The van der Waals surface area contributed by atoms with Crippen LogP contribution in [0.4, 0.5) is 5.13 Å². The summed E-state index contributed by atoms with van der Waals surface area (Å²) in [6, 6.07) is 0.675. The molecule has 1 saturated carbocycles. The van der Waals surface area contributed by atoms with Gasteiger partial charge >= 0.3 is 0 Å². The van der Waals surface area contributed by atoms with Crippen molar-refractivity contribution >= 4 is 16.5 Å². The Morgan fingerprint density at radius 2 is 2.00 bits per heavy atom. The van der Waals surface area contributed by atoms with Crippen molar-refractivity contribution in [3.63, 3.8) is 0 Å². The number of anilines is 1. The fourth-order valence-electron chi connectivity index (χ4n) is 1.89. The van der Waals surface area contributed by atoms with E-state index in [-0.39, 0.29) is 0 Å². The molecule has 0 unspecified atom stereocenters. The van der Waals surface area contributed by atoms with Crippen molar-refractivity contribution in [3.05, 3.63) is 11.6 Å². The first-order valence-corrected chi connectivity index (χ1v) is 5.99. The van der Waals surface area contributed by atoms with Crippen molar-refractivity contribution in [2.24, 2.45) is 0 Å². The van der Waals surface area contributed by atoms with Gasteiger partial charge in [0.2, 0.25) is 0 Å². The average Bonchev–Trinajstić information content (AvgIpc) is 2.49. The molecule has 3 heteroatoms. The Labute approximate surface area is 83.4 Å². The molecular formula is C10H16N2S. The van der Waals surface area contributed by atoms with Gasteiger partial charge in [-0.3, -0.25) is 0 Å². The van der Waals surface area contributed by atoms with Crippen molar-refractivity contribution in [1.29, 1.82) is 0 Å². The maximum Gasteiger partial charge on any atom is 0.182 e. The highest BCUT2D eigenvalue weighted by molar-refractivity contribution is 7.13.